The molecule has 0 atom stereocenters. The number of benzene rings is 2. The van der Waals surface area contributed by atoms with Crippen LogP contribution in [0.3, 0.4) is 0 Å². The van der Waals surface area contributed by atoms with Crippen molar-refractivity contribution in [1.29, 1.82) is 0 Å². The SMILES string of the molecule is COc1ccc(C)cc1/C(C)=N\NC(=O)c1cccc(S(=O)(=O)N(C)C)c1. The van der Waals surface area contributed by atoms with E-state index >= 15 is 0 Å². The first kappa shape index (κ1) is 20.6. The van der Waals surface area contributed by atoms with Crippen molar-refractivity contribution in [2.24, 2.45) is 5.10 Å². The monoisotopic (exact) mass is 389 g/mol. The lowest BCUT2D eigenvalue weighted by molar-refractivity contribution is 0.0954. The quantitative estimate of drug-likeness (QED) is 0.607. The molecule has 0 aliphatic heterocycles. The van der Waals surface area contributed by atoms with Gasteiger partial charge in [0.05, 0.1) is 17.7 Å². The molecule has 144 valence electrons. The van der Waals surface area contributed by atoms with Crippen LogP contribution in [0, 0.1) is 6.92 Å². The van der Waals surface area contributed by atoms with Crippen LogP contribution >= 0.6 is 0 Å². The number of methoxy groups -OCH3 is 1. The van der Waals surface area contributed by atoms with Crippen molar-refractivity contribution < 1.29 is 17.9 Å². The lowest BCUT2D eigenvalue weighted by Crippen LogP contribution is -2.23. The Kier molecular flexibility index (Phi) is 6.35. The highest BCUT2D eigenvalue weighted by Gasteiger charge is 2.18. The topological polar surface area (TPSA) is 88.1 Å². The molecule has 0 spiro atoms. The maximum absolute atomic E-state index is 12.4. The van der Waals surface area contributed by atoms with Crippen LogP contribution in [0.25, 0.3) is 0 Å². The molecule has 8 heteroatoms. The number of nitrogens with zero attached hydrogens (tertiary/aromatic N) is 2. The van der Waals surface area contributed by atoms with E-state index in [4.69, 9.17) is 4.74 Å². The normalized spacial score (nSPS) is 12.1. The van der Waals surface area contributed by atoms with Crippen LogP contribution in [0.1, 0.15) is 28.4 Å². The number of nitrogens with one attached hydrogen (secondary N) is 1. The van der Waals surface area contributed by atoms with E-state index in [1.54, 1.807) is 14.0 Å². The van der Waals surface area contributed by atoms with Crippen LogP contribution in [0.4, 0.5) is 0 Å². The summed E-state index contributed by atoms with van der Waals surface area (Å²) in [7, 11) is 0.817. The zero-order chi connectivity index (χ0) is 20.2. The molecular formula is C19H23N3O4S. The Morgan fingerprint density at radius 2 is 1.85 bits per heavy atom. The van der Waals surface area contributed by atoms with E-state index in [1.807, 2.05) is 25.1 Å². The molecule has 2 rings (SSSR count). The van der Waals surface area contributed by atoms with E-state index in [-0.39, 0.29) is 10.5 Å². The van der Waals surface area contributed by atoms with Crippen LogP contribution in [-0.4, -0.2) is 45.5 Å². The summed E-state index contributed by atoms with van der Waals surface area (Å²) >= 11 is 0. The molecule has 0 fully saturated rings. The molecule has 0 heterocycles. The van der Waals surface area contributed by atoms with Crippen molar-refractivity contribution in [2.45, 2.75) is 18.7 Å². The standard InChI is InChI=1S/C19H23N3O4S/c1-13-9-10-18(26-5)17(11-13)14(2)20-21-19(23)15-7-6-8-16(12-15)27(24,25)22(3)4/h6-12H,1-5H3,(H,21,23)/b20-14-. The minimum atomic E-state index is -3.62. The summed E-state index contributed by atoms with van der Waals surface area (Å²) in [6.07, 6.45) is 0. The van der Waals surface area contributed by atoms with Crippen molar-refractivity contribution in [1.82, 2.24) is 9.73 Å². The molecule has 0 saturated heterocycles. The highest BCUT2D eigenvalue weighted by Crippen LogP contribution is 2.20. The summed E-state index contributed by atoms with van der Waals surface area (Å²) in [6.45, 7) is 3.70. The number of ether oxygens (including phenoxy) is 1. The van der Waals surface area contributed by atoms with Gasteiger partial charge in [-0.3, -0.25) is 4.79 Å². The third kappa shape index (κ3) is 4.72. The van der Waals surface area contributed by atoms with Gasteiger partial charge in [0.1, 0.15) is 5.75 Å². The Balaban J connectivity index is 2.26. The van der Waals surface area contributed by atoms with Gasteiger partial charge in [-0.25, -0.2) is 18.1 Å². The number of sulfonamides is 1. The van der Waals surface area contributed by atoms with E-state index in [1.165, 1.54) is 38.4 Å². The molecule has 0 aromatic heterocycles. The van der Waals surface area contributed by atoms with Crippen LogP contribution in [0.15, 0.2) is 52.5 Å². The van der Waals surface area contributed by atoms with Gasteiger partial charge < -0.3 is 4.74 Å². The fourth-order valence-electron chi connectivity index (χ4n) is 2.37. The minimum Gasteiger partial charge on any atom is -0.496 e. The van der Waals surface area contributed by atoms with Crippen LogP contribution in [-0.2, 0) is 10.0 Å². The Bertz CT molecular complexity index is 982. The maximum Gasteiger partial charge on any atom is 0.271 e. The van der Waals surface area contributed by atoms with E-state index < -0.39 is 15.9 Å². The van der Waals surface area contributed by atoms with Crippen LogP contribution in [0.5, 0.6) is 5.75 Å². The summed E-state index contributed by atoms with van der Waals surface area (Å²) in [5.74, 6) is 0.145. The molecule has 27 heavy (non-hydrogen) atoms. The van der Waals surface area contributed by atoms with Gasteiger partial charge in [-0.05, 0) is 44.2 Å². The molecule has 1 N–H and O–H groups in total. The number of carbonyl (C=O) groups is 1. The van der Waals surface area contributed by atoms with Crippen molar-refractivity contribution in [2.75, 3.05) is 21.2 Å². The Morgan fingerprint density at radius 1 is 1.15 bits per heavy atom. The molecule has 0 saturated carbocycles. The van der Waals surface area contributed by atoms with Crippen molar-refractivity contribution in [3.63, 3.8) is 0 Å². The fourth-order valence-corrected chi connectivity index (χ4v) is 3.32. The van der Waals surface area contributed by atoms with Gasteiger partial charge in [0.2, 0.25) is 10.0 Å². The fraction of sp³-hybridized carbons (Fsp3) is 0.263. The number of amides is 1. The molecule has 7 nitrogen and oxygen atoms in total. The lowest BCUT2D eigenvalue weighted by Gasteiger charge is -2.12. The van der Waals surface area contributed by atoms with E-state index in [9.17, 15) is 13.2 Å². The molecule has 2 aromatic carbocycles. The second kappa shape index (κ2) is 8.32. The largest absolute Gasteiger partial charge is 0.496 e. The summed E-state index contributed by atoms with van der Waals surface area (Å²) < 4.78 is 30.8. The molecule has 0 bridgehead atoms. The number of hydrazone groups is 1. The number of hydrogen-bond acceptors (Lipinski definition) is 5. The number of rotatable bonds is 6. The number of carbonyl (C=O) groups excluding carboxylic acids is 1. The second-order valence-electron chi connectivity index (χ2n) is 6.16. The zero-order valence-electron chi connectivity index (χ0n) is 16.0. The lowest BCUT2D eigenvalue weighted by atomic mass is 10.1. The highest BCUT2D eigenvalue weighted by molar-refractivity contribution is 7.89. The van der Waals surface area contributed by atoms with Crippen molar-refractivity contribution >= 4 is 21.6 Å². The maximum atomic E-state index is 12.4. The molecule has 0 unspecified atom stereocenters. The van der Waals surface area contributed by atoms with E-state index in [2.05, 4.69) is 10.5 Å². The van der Waals surface area contributed by atoms with E-state index in [0.29, 0.717) is 11.5 Å². The third-order valence-electron chi connectivity index (χ3n) is 3.94. The van der Waals surface area contributed by atoms with Gasteiger partial charge >= 0.3 is 0 Å². The summed E-state index contributed by atoms with van der Waals surface area (Å²) in [6, 6.07) is 11.5. The van der Waals surface area contributed by atoms with Gasteiger partial charge in [0.25, 0.3) is 5.91 Å². The summed E-state index contributed by atoms with van der Waals surface area (Å²) in [4.78, 5) is 12.4. The van der Waals surface area contributed by atoms with Gasteiger partial charge in [0.15, 0.2) is 0 Å². The van der Waals surface area contributed by atoms with Crippen LogP contribution in [0.2, 0.25) is 0 Å². The van der Waals surface area contributed by atoms with Gasteiger partial charge in [-0.1, -0.05) is 17.7 Å². The average Bonchev–Trinajstić information content (AvgIpc) is 2.65. The molecular weight excluding hydrogens is 366 g/mol. The van der Waals surface area contributed by atoms with Crippen LogP contribution < -0.4 is 10.2 Å². The Morgan fingerprint density at radius 3 is 2.48 bits per heavy atom. The second-order valence-corrected chi connectivity index (χ2v) is 8.31. The Labute approximate surface area is 159 Å². The highest BCUT2D eigenvalue weighted by atomic mass is 32.2. The van der Waals surface area contributed by atoms with E-state index in [0.717, 1.165) is 15.4 Å². The third-order valence-corrected chi connectivity index (χ3v) is 5.76. The Hall–Kier alpha value is -2.71. The molecule has 1 amide bonds. The zero-order valence-corrected chi connectivity index (χ0v) is 16.8. The van der Waals surface area contributed by atoms with Gasteiger partial charge in [-0.2, -0.15) is 5.10 Å². The summed E-state index contributed by atoms with van der Waals surface area (Å²) in [5, 5.41) is 4.12. The number of aryl methyl sites for hydroxylation is 1. The molecule has 2 aromatic rings. The molecule has 0 aliphatic rings. The average molecular weight is 389 g/mol. The predicted molar refractivity (Wildman–Crippen MR) is 105 cm³/mol. The van der Waals surface area contributed by atoms with Gasteiger partial charge in [0, 0.05) is 25.2 Å². The molecule has 0 radical (unpaired) electrons. The first-order valence-electron chi connectivity index (χ1n) is 8.19. The number of hydrogen-bond donors (Lipinski definition) is 1. The smallest absolute Gasteiger partial charge is 0.271 e. The first-order valence-corrected chi connectivity index (χ1v) is 9.63. The predicted octanol–water partition coefficient (Wildman–Crippen LogP) is 2.41. The van der Waals surface area contributed by atoms with Crippen molar-refractivity contribution in [3.8, 4) is 5.75 Å². The van der Waals surface area contributed by atoms with Crippen molar-refractivity contribution in [3.05, 3.63) is 59.2 Å². The first-order chi connectivity index (χ1) is 12.7. The van der Waals surface area contributed by atoms with Gasteiger partial charge in [-0.15, -0.1) is 0 Å². The minimum absolute atomic E-state index is 0.0428. The summed E-state index contributed by atoms with van der Waals surface area (Å²) in [5.41, 5.74) is 5.03. The molecule has 0 aliphatic carbocycles.